The third-order valence-corrected chi connectivity index (χ3v) is 2.40. The zero-order valence-corrected chi connectivity index (χ0v) is 7.78. The lowest BCUT2D eigenvalue weighted by Crippen LogP contribution is -2.46. The first kappa shape index (κ1) is 9.42. The fourth-order valence-corrected chi connectivity index (χ4v) is 1.63. The van der Waals surface area contributed by atoms with Crippen LogP contribution in [0.25, 0.3) is 0 Å². The number of carbonyl (C=O) groups is 2. The summed E-state index contributed by atoms with van der Waals surface area (Å²) in [5.74, 6) is -0.235. The number of hydrogen-bond donors (Lipinski definition) is 2. The molecule has 0 spiro atoms. The SMILES string of the molecule is O=C1NC(=O)C(CN2CCOCC2)N1. The van der Waals surface area contributed by atoms with Crippen LogP contribution in [0.1, 0.15) is 0 Å². The molecule has 2 rings (SSSR count). The molecule has 0 aromatic carbocycles. The van der Waals surface area contributed by atoms with Gasteiger partial charge >= 0.3 is 6.03 Å². The molecular formula is C8H13N3O3. The van der Waals surface area contributed by atoms with E-state index in [1.807, 2.05) is 0 Å². The van der Waals surface area contributed by atoms with Crippen LogP contribution >= 0.6 is 0 Å². The number of hydrogen-bond acceptors (Lipinski definition) is 4. The molecule has 6 heteroatoms. The third-order valence-electron chi connectivity index (χ3n) is 2.40. The molecule has 0 aliphatic carbocycles. The zero-order chi connectivity index (χ0) is 9.97. The Labute approximate surface area is 81.6 Å². The van der Waals surface area contributed by atoms with Crippen LogP contribution < -0.4 is 10.6 Å². The molecule has 78 valence electrons. The van der Waals surface area contributed by atoms with E-state index in [1.54, 1.807) is 0 Å². The van der Waals surface area contributed by atoms with E-state index in [2.05, 4.69) is 15.5 Å². The van der Waals surface area contributed by atoms with Gasteiger partial charge in [0.15, 0.2) is 0 Å². The topological polar surface area (TPSA) is 70.7 Å². The zero-order valence-electron chi connectivity index (χ0n) is 7.78. The molecule has 6 nitrogen and oxygen atoms in total. The van der Waals surface area contributed by atoms with Crippen LogP contribution in [-0.2, 0) is 9.53 Å². The van der Waals surface area contributed by atoms with Gasteiger partial charge in [-0.1, -0.05) is 0 Å². The Bertz CT molecular complexity index is 250. The molecule has 14 heavy (non-hydrogen) atoms. The van der Waals surface area contributed by atoms with Crippen LogP contribution in [0.3, 0.4) is 0 Å². The highest BCUT2D eigenvalue weighted by molar-refractivity contribution is 6.04. The van der Waals surface area contributed by atoms with E-state index >= 15 is 0 Å². The van der Waals surface area contributed by atoms with Crippen LogP contribution in [0, 0.1) is 0 Å². The molecule has 0 saturated carbocycles. The van der Waals surface area contributed by atoms with E-state index < -0.39 is 12.1 Å². The fourth-order valence-electron chi connectivity index (χ4n) is 1.63. The monoisotopic (exact) mass is 199 g/mol. The molecule has 3 amide bonds. The van der Waals surface area contributed by atoms with Crippen molar-refractivity contribution in [2.45, 2.75) is 6.04 Å². The van der Waals surface area contributed by atoms with Crippen LogP contribution in [-0.4, -0.2) is 55.7 Å². The van der Waals surface area contributed by atoms with Gasteiger partial charge in [0.05, 0.1) is 13.2 Å². The average Bonchev–Trinajstić information content (AvgIpc) is 2.47. The first-order valence-electron chi connectivity index (χ1n) is 4.67. The van der Waals surface area contributed by atoms with E-state index in [1.165, 1.54) is 0 Å². The Morgan fingerprint density at radius 2 is 2.07 bits per heavy atom. The van der Waals surface area contributed by atoms with E-state index in [0.717, 1.165) is 13.1 Å². The summed E-state index contributed by atoms with van der Waals surface area (Å²) in [4.78, 5) is 24.1. The Morgan fingerprint density at radius 1 is 1.36 bits per heavy atom. The van der Waals surface area contributed by atoms with Crippen molar-refractivity contribution in [2.24, 2.45) is 0 Å². The van der Waals surface area contributed by atoms with E-state index in [4.69, 9.17) is 4.74 Å². The van der Waals surface area contributed by atoms with Crippen molar-refractivity contribution in [1.29, 1.82) is 0 Å². The quantitative estimate of drug-likeness (QED) is 0.532. The molecule has 2 fully saturated rings. The number of nitrogens with one attached hydrogen (secondary N) is 2. The number of amides is 3. The van der Waals surface area contributed by atoms with Crippen LogP contribution in [0.15, 0.2) is 0 Å². The molecule has 0 radical (unpaired) electrons. The first-order chi connectivity index (χ1) is 6.75. The number of carbonyl (C=O) groups excluding carboxylic acids is 2. The van der Waals surface area contributed by atoms with E-state index in [0.29, 0.717) is 19.8 Å². The minimum absolute atomic E-state index is 0.235. The number of nitrogens with zero attached hydrogens (tertiary/aromatic N) is 1. The number of ether oxygens (including phenoxy) is 1. The normalized spacial score (nSPS) is 28.7. The summed E-state index contributed by atoms with van der Waals surface area (Å²) in [6.07, 6.45) is 0. The van der Waals surface area contributed by atoms with E-state index in [-0.39, 0.29) is 5.91 Å². The Morgan fingerprint density at radius 3 is 2.64 bits per heavy atom. The summed E-state index contributed by atoms with van der Waals surface area (Å²) in [5, 5.41) is 4.78. The van der Waals surface area contributed by atoms with Gasteiger partial charge in [0.2, 0.25) is 0 Å². The lowest BCUT2D eigenvalue weighted by atomic mass is 10.2. The number of rotatable bonds is 2. The first-order valence-corrected chi connectivity index (χ1v) is 4.67. The van der Waals surface area contributed by atoms with Gasteiger partial charge in [0, 0.05) is 19.6 Å². The van der Waals surface area contributed by atoms with Gasteiger partial charge in [-0.15, -0.1) is 0 Å². The van der Waals surface area contributed by atoms with E-state index in [9.17, 15) is 9.59 Å². The van der Waals surface area contributed by atoms with Crippen molar-refractivity contribution in [3.8, 4) is 0 Å². The van der Waals surface area contributed by atoms with Crippen molar-refractivity contribution in [3.05, 3.63) is 0 Å². The van der Waals surface area contributed by atoms with Crippen molar-refractivity contribution >= 4 is 11.9 Å². The summed E-state index contributed by atoms with van der Waals surface area (Å²) in [6.45, 7) is 3.60. The van der Waals surface area contributed by atoms with Crippen molar-refractivity contribution in [1.82, 2.24) is 15.5 Å². The molecule has 0 aromatic heterocycles. The molecule has 2 saturated heterocycles. The molecular weight excluding hydrogens is 186 g/mol. The van der Waals surface area contributed by atoms with Crippen LogP contribution in [0.5, 0.6) is 0 Å². The summed E-state index contributed by atoms with van der Waals surface area (Å²) in [6, 6.07) is -0.797. The highest BCUT2D eigenvalue weighted by Gasteiger charge is 2.31. The molecule has 2 N–H and O–H groups in total. The lowest BCUT2D eigenvalue weighted by Gasteiger charge is -2.27. The molecule has 0 aromatic rings. The van der Waals surface area contributed by atoms with Crippen molar-refractivity contribution in [2.75, 3.05) is 32.8 Å². The second kappa shape index (κ2) is 3.93. The maximum absolute atomic E-state index is 11.2. The Kier molecular flexibility index (Phi) is 2.64. The van der Waals surface area contributed by atoms with Gasteiger partial charge in [-0.2, -0.15) is 0 Å². The predicted molar refractivity (Wildman–Crippen MR) is 47.7 cm³/mol. The van der Waals surface area contributed by atoms with Crippen molar-refractivity contribution in [3.63, 3.8) is 0 Å². The molecule has 1 atom stereocenters. The van der Waals surface area contributed by atoms with Gasteiger partial charge in [0.25, 0.3) is 5.91 Å². The lowest BCUT2D eigenvalue weighted by molar-refractivity contribution is -0.120. The predicted octanol–water partition coefficient (Wildman–Crippen LogP) is -1.47. The molecule has 2 heterocycles. The molecule has 1 unspecified atom stereocenters. The standard InChI is InChI=1S/C8H13N3O3/c12-7-6(9-8(13)10-7)5-11-1-3-14-4-2-11/h6H,1-5H2,(H2,9,10,12,13). The molecule has 0 bridgehead atoms. The summed E-state index contributed by atoms with van der Waals surface area (Å²) in [7, 11) is 0. The Balaban J connectivity index is 1.84. The molecule has 2 aliphatic rings. The second-order valence-electron chi connectivity index (χ2n) is 3.43. The van der Waals surface area contributed by atoms with Crippen LogP contribution in [0.4, 0.5) is 4.79 Å². The minimum Gasteiger partial charge on any atom is -0.379 e. The maximum atomic E-state index is 11.2. The highest BCUT2D eigenvalue weighted by atomic mass is 16.5. The fraction of sp³-hybridized carbons (Fsp3) is 0.750. The summed E-state index contributed by atoms with van der Waals surface area (Å²) >= 11 is 0. The minimum atomic E-state index is -0.402. The molecule has 2 aliphatic heterocycles. The number of morpholine rings is 1. The average molecular weight is 199 g/mol. The summed E-state index contributed by atoms with van der Waals surface area (Å²) < 4.78 is 5.18. The maximum Gasteiger partial charge on any atom is 0.322 e. The number of urea groups is 1. The third kappa shape index (κ3) is 2.02. The van der Waals surface area contributed by atoms with Crippen LogP contribution in [0.2, 0.25) is 0 Å². The van der Waals surface area contributed by atoms with Gasteiger partial charge in [0.1, 0.15) is 6.04 Å². The number of imide groups is 1. The van der Waals surface area contributed by atoms with Crippen molar-refractivity contribution < 1.29 is 14.3 Å². The van der Waals surface area contributed by atoms with Gasteiger partial charge in [-0.05, 0) is 0 Å². The largest absolute Gasteiger partial charge is 0.379 e. The van der Waals surface area contributed by atoms with Gasteiger partial charge < -0.3 is 10.1 Å². The van der Waals surface area contributed by atoms with Gasteiger partial charge in [-0.25, -0.2) is 4.79 Å². The van der Waals surface area contributed by atoms with Gasteiger partial charge in [-0.3, -0.25) is 15.0 Å². The summed E-state index contributed by atoms with van der Waals surface area (Å²) in [5.41, 5.74) is 0. The highest BCUT2D eigenvalue weighted by Crippen LogP contribution is 2.01. The second-order valence-corrected chi connectivity index (χ2v) is 3.43. The Hall–Kier alpha value is -1.14. The smallest absolute Gasteiger partial charge is 0.322 e.